The van der Waals surface area contributed by atoms with Crippen LogP contribution in [0.2, 0.25) is 0 Å². The van der Waals surface area contributed by atoms with Gasteiger partial charge in [-0.15, -0.1) is 0 Å². The Morgan fingerprint density at radius 1 is 0.316 bits per heavy atom. The van der Waals surface area contributed by atoms with Crippen LogP contribution in [0.25, 0.3) is 0 Å². The molecule has 0 aliphatic carbocycles. The smallest absolute Gasteiger partial charge is 0.220 e. The van der Waals surface area contributed by atoms with Crippen LogP contribution in [0.4, 0.5) is 0 Å². The minimum Gasteiger partial charge on any atom is -0.394 e. The van der Waals surface area contributed by atoms with Gasteiger partial charge in [-0.3, -0.25) is 4.79 Å². The van der Waals surface area contributed by atoms with Crippen molar-refractivity contribution < 1.29 is 15.0 Å². The number of aliphatic hydroxyl groups is 2. The van der Waals surface area contributed by atoms with Gasteiger partial charge in [-0.2, -0.15) is 0 Å². The third-order valence-electron chi connectivity index (χ3n) is 14.6. The lowest BCUT2D eigenvalue weighted by atomic mass is 10.0. The summed E-state index contributed by atoms with van der Waals surface area (Å²) in [5.41, 5.74) is 0. The Labute approximate surface area is 491 Å². The predicted molar refractivity (Wildman–Crippen MR) is 354 cm³/mol. The molecule has 0 aliphatic rings. The molecular formula is C75H127NO3. The highest BCUT2D eigenvalue weighted by Gasteiger charge is 2.18. The summed E-state index contributed by atoms with van der Waals surface area (Å²) < 4.78 is 0. The van der Waals surface area contributed by atoms with E-state index in [9.17, 15) is 15.0 Å². The number of hydrogen-bond donors (Lipinski definition) is 3. The van der Waals surface area contributed by atoms with Crippen LogP contribution in [0.3, 0.4) is 0 Å². The first-order valence-electron chi connectivity index (χ1n) is 33.5. The zero-order chi connectivity index (χ0) is 56.9. The number of unbranched alkanes of at least 4 members (excludes halogenated alkanes) is 31. The molecule has 0 saturated carbocycles. The van der Waals surface area contributed by atoms with Gasteiger partial charge in [-0.25, -0.2) is 0 Å². The minimum atomic E-state index is -0.856. The van der Waals surface area contributed by atoms with Gasteiger partial charge in [0.1, 0.15) is 0 Å². The Balaban J connectivity index is 3.61. The van der Waals surface area contributed by atoms with Crippen LogP contribution in [0, 0.1) is 0 Å². The number of carbonyl (C=O) groups excluding carboxylic acids is 1. The number of nitrogens with one attached hydrogen (secondary N) is 1. The summed E-state index contributed by atoms with van der Waals surface area (Å²) in [4.78, 5) is 12.5. The third-order valence-corrected chi connectivity index (χ3v) is 14.6. The summed E-state index contributed by atoms with van der Waals surface area (Å²) in [7, 11) is 0. The van der Waals surface area contributed by atoms with Crippen molar-refractivity contribution in [3.05, 3.63) is 146 Å². The second-order valence-corrected chi connectivity index (χ2v) is 22.2. The molecule has 0 radical (unpaired) electrons. The molecule has 450 valence electrons. The van der Waals surface area contributed by atoms with Crippen LogP contribution in [-0.4, -0.2) is 34.9 Å². The highest BCUT2D eigenvalue weighted by molar-refractivity contribution is 5.76. The SMILES string of the molecule is CC/C=C\C/C=C\C/C=C\C/C=C\C/C=C\C/C=C\C/C=C\C/C=C\C/C=C\C/C=C\C/C=C\CCCCCCCCCC(=O)NC(CO)C(O)/C=C/CCCCCCCCCCCCCCCCCCCCCCCCCC. The lowest BCUT2D eigenvalue weighted by Gasteiger charge is -2.20. The molecule has 0 spiro atoms. The van der Waals surface area contributed by atoms with Crippen molar-refractivity contribution in [2.45, 2.75) is 315 Å². The molecule has 3 N–H and O–H groups in total. The summed E-state index contributed by atoms with van der Waals surface area (Å²) in [5.74, 6) is -0.0779. The van der Waals surface area contributed by atoms with Crippen LogP contribution in [-0.2, 0) is 4.79 Å². The second kappa shape index (κ2) is 68.5. The molecular weight excluding hydrogens is 963 g/mol. The predicted octanol–water partition coefficient (Wildman–Crippen LogP) is 23.1. The summed E-state index contributed by atoms with van der Waals surface area (Å²) >= 11 is 0. The number of rotatable bonds is 60. The molecule has 0 aromatic carbocycles. The fraction of sp³-hybridized carbons (Fsp3) is 0.667. The third kappa shape index (κ3) is 65.0. The van der Waals surface area contributed by atoms with Crippen molar-refractivity contribution in [2.75, 3.05) is 6.61 Å². The van der Waals surface area contributed by atoms with Gasteiger partial charge in [-0.1, -0.05) is 339 Å². The molecule has 4 nitrogen and oxygen atoms in total. The lowest BCUT2D eigenvalue weighted by Crippen LogP contribution is -2.45. The minimum absolute atomic E-state index is 0.0779. The number of carbonyl (C=O) groups is 1. The lowest BCUT2D eigenvalue weighted by molar-refractivity contribution is -0.123. The van der Waals surface area contributed by atoms with Crippen molar-refractivity contribution >= 4 is 5.91 Å². The molecule has 0 aliphatic heterocycles. The van der Waals surface area contributed by atoms with E-state index in [0.29, 0.717) is 6.42 Å². The van der Waals surface area contributed by atoms with Crippen LogP contribution < -0.4 is 5.32 Å². The number of amides is 1. The fourth-order valence-electron chi connectivity index (χ4n) is 9.54. The van der Waals surface area contributed by atoms with E-state index >= 15 is 0 Å². The summed E-state index contributed by atoms with van der Waals surface area (Å²) in [5, 5.41) is 23.3. The van der Waals surface area contributed by atoms with E-state index in [4.69, 9.17) is 0 Å². The molecule has 2 atom stereocenters. The summed E-state index contributed by atoms with van der Waals surface area (Å²) in [6.07, 6.45) is 108. The van der Waals surface area contributed by atoms with E-state index < -0.39 is 12.1 Å². The number of aliphatic hydroxyl groups excluding tert-OH is 2. The van der Waals surface area contributed by atoms with Crippen molar-refractivity contribution in [1.82, 2.24) is 5.32 Å². The summed E-state index contributed by atoms with van der Waals surface area (Å²) in [6, 6.07) is -0.640. The van der Waals surface area contributed by atoms with Gasteiger partial charge in [0.15, 0.2) is 0 Å². The van der Waals surface area contributed by atoms with E-state index in [-0.39, 0.29) is 12.5 Å². The first kappa shape index (κ1) is 75.3. The van der Waals surface area contributed by atoms with Crippen molar-refractivity contribution in [1.29, 1.82) is 0 Å². The Morgan fingerprint density at radius 3 is 0.835 bits per heavy atom. The maximum absolute atomic E-state index is 12.5. The Kier molecular flexibility index (Phi) is 65.3. The highest BCUT2D eigenvalue weighted by atomic mass is 16.3. The average Bonchev–Trinajstić information content (AvgIpc) is 3.45. The second-order valence-electron chi connectivity index (χ2n) is 22.2. The van der Waals surface area contributed by atoms with Crippen LogP contribution >= 0.6 is 0 Å². The van der Waals surface area contributed by atoms with Gasteiger partial charge in [0.2, 0.25) is 5.91 Å². The van der Waals surface area contributed by atoms with Crippen LogP contribution in [0.15, 0.2) is 146 Å². The monoisotopic (exact) mass is 1090 g/mol. The van der Waals surface area contributed by atoms with Crippen LogP contribution in [0.5, 0.6) is 0 Å². The number of allylic oxidation sites excluding steroid dienone is 23. The largest absolute Gasteiger partial charge is 0.394 e. The van der Waals surface area contributed by atoms with E-state index in [1.54, 1.807) is 6.08 Å². The van der Waals surface area contributed by atoms with Crippen molar-refractivity contribution in [3.63, 3.8) is 0 Å². The first-order chi connectivity index (χ1) is 39.2. The molecule has 0 saturated heterocycles. The average molecular weight is 1090 g/mol. The number of hydrogen-bond acceptors (Lipinski definition) is 3. The highest BCUT2D eigenvalue weighted by Crippen LogP contribution is 2.17. The van der Waals surface area contributed by atoms with E-state index in [1.807, 2.05) is 6.08 Å². The van der Waals surface area contributed by atoms with Crippen LogP contribution in [0.1, 0.15) is 303 Å². The zero-order valence-electron chi connectivity index (χ0n) is 51.8. The molecule has 0 bridgehead atoms. The van der Waals surface area contributed by atoms with E-state index in [2.05, 4.69) is 153 Å². The van der Waals surface area contributed by atoms with Gasteiger partial charge >= 0.3 is 0 Å². The fourth-order valence-corrected chi connectivity index (χ4v) is 9.54. The van der Waals surface area contributed by atoms with Crippen molar-refractivity contribution in [2.24, 2.45) is 0 Å². The van der Waals surface area contributed by atoms with E-state index in [0.717, 1.165) is 109 Å². The standard InChI is InChI=1S/C75H127NO3/c1-3-5-7-9-11-13-15-17-19-21-23-25-27-29-31-32-33-34-35-36-37-38-39-40-41-42-43-44-45-47-49-51-53-55-57-59-61-63-65-67-69-71-75(79)76-73(72-77)74(78)70-68-66-64-62-60-58-56-54-52-50-48-46-30-28-26-24-22-20-18-16-14-12-10-8-6-4-2/h5,7,11,13,17,19,23,25,29,31,33-34,36-37,39-40,42-43,45,47,51,53,68,70,73-74,77-78H,3-4,6,8-10,12,14-16,18,20-22,24,26-28,30,32,35,38,41,44,46,48-50,52,54-67,69,71-72H2,1-2H3,(H,76,79)/b7-5-,13-11-,19-17-,25-23-,31-29-,34-33-,37-36-,40-39-,43-42-,47-45-,53-51-,70-68+. The topological polar surface area (TPSA) is 69.6 Å². The Hall–Kier alpha value is -3.73. The molecule has 0 aromatic heterocycles. The van der Waals surface area contributed by atoms with Gasteiger partial charge in [0.25, 0.3) is 0 Å². The zero-order valence-corrected chi connectivity index (χ0v) is 51.8. The normalized spacial score (nSPS) is 13.7. The first-order valence-corrected chi connectivity index (χ1v) is 33.5. The molecule has 79 heavy (non-hydrogen) atoms. The molecule has 2 unspecified atom stereocenters. The van der Waals surface area contributed by atoms with Crippen molar-refractivity contribution in [3.8, 4) is 0 Å². The molecule has 0 aromatic rings. The maximum atomic E-state index is 12.5. The van der Waals surface area contributed by atoms with Gasteiger partial charge < -0.3 is 15.5 Å². The van der Waals surface area contributed by atoms with Gasteiger partial charge in [0, 0.05) is 6.42 Å². The molecule has 1 amide bonds. The van der Waals surface area contributed by atoms with Gasteiger partial charge in [0.05, 0.1) is 18.8 Å². The molecule has 0 heterocycles. The summed E-state index contributed by atoms with van der Waals surface area (Å²) in [6.45, 7) is 4.21. The van der Waals surface area contributed by atoms with E-state index in [1.165, 1.54) is 173 Å². The van der Waals surface area contributed by atoms with Gasteiger partial charge in [-0.05, 0) is 103 Å². The Morgan fingerprint density at radius 2 is 0.557 bits per heavy atom. The molecule has 0 rings (SSSR count). The Bertz CT molecular complexity index is 1620. The molecule has 4 heteroatoms. The molecule has 0 fully saturated rings. The maximum Gasteiger partial charge on any atom is 0.220 e. The quantitative estimate of drug-likeness (QED) is 0.0420.